The Hall–Kier alpha value is -3.06. The minimum Gasteiger partial charge on any atom is -0.497 e. The molecule has 3 heterocycles. The minimum atomic E-state index is 0.379. The highest BCUT2D eigenvalue weighted by molar-refractivity contribution is 7.19. The SMILES string of the molecule is COc1ccc2c(c1)CCc1cc(-c3nnc(-c4cnccn4)o3)sc1-2. The predicted molar refractivity (Wildman–Crippen MR) is 98.0 cm³/mol. The highest BCUT2D eigenvalue weighted by Gasteiger charge is 2.22. The van der Waals surface area contributed by atoms with Crippen molar-refractivity contribution in [1.82, 2.24) is 20.2 Å². The zero-order valence-corrected chi connectivity index (χ0v) is 14.8. The van der Waals surface area contributed by atoms with Gasteiger partial charge in [0.2, 0.25) is 0 Å². The van der Waals surface area contributed by atoms with Crippen molar-refractivity contribution in [2.45, 2.75) is 12.8 Å². The number of aryl methyl sites for hydroxylation is 2. The largest absolute Gasteiger partial charge is 0.497 e. The van der Waals surface area contributed by atoms with Crippen molar-refractivity contribution in [3.05, 3.63) is 54.0 Å². The Balaban J connectivity index is 1.53. The van der Waals surface area contributed by atoms with Crippen molar-refractivity contribution >= 4 is 11.3 Å². The molecule has 0 saturated heterocycles. The fourth-order valence-corrected chi connectivity index (χ4v) is 4.37. The predicted octanol–water partition coefficient (Wildman–Crippen LogP) is 4.03. The number of rotatable bonds is 3. The Morgan fingerprint density at radius 2 is 1.92 bits per heavy atom. The second-order valence-corrected chi connectivity index (χ2v) is 7.04. The van der Waals surface area contributed by atoms with Crippen LogP contribution in [0.2, 0.25) is 0 Å². The summed E-state index contributed by atoms with van der Waals surface area (Å²) in [6.07, 6.45) is 6.83. The third kappa shape index (κ3) is 2.48. The van der Waals surface area contributed by atoms with Crippen LogP contribution in [0.3, 0.4) is 0 Å². The van der Waals surface area contributed by atoms with Gasteiger partial charge in [0, 0.05) is 17.3 Å². The molecule has 0 unspecified atom stereocenters. The van der Waals surface area contributed by atoms with E-state index in [0.717, 1.165) is 23.5 Å². The first-order valence-electron chi connectivity index (χ1n) is 8.22. The van der Waals surface area contributed by atoms with Crippen molar-refractivity contribution in [2.24, 2.45) is 0 Å². The molecule has 0 amide bonds. The van der Waals surface area contributed by atoms with Crippen LogP contribution in [0, 0.1) is 0 Å². The van der Waals surface area contributed by atoms with E-state index in [1.165, 1.54) is 21.6 Å². The van der Waals surface area contributed by atoms with Crippen LogP contribution in [0.1, 0.15) is 11.1 Å². The van der Waals surface area contributed by atoms with Crippen LogP contribution in [0.25, 0.3) is 32.8 Å². The maximum absolute atomic E-state index is 5.82. The second-order valence-electron chi connectivity index (χ2n) is 5.99. The molecule has 0 aliphatic heterocycles. The van der Waals surface area contributed by atoms with Crippen LogP contribution in [0.4, 0.5) is 0 Å². The fourth-order valence-electron chi connectivity index (χ4n) is 3.18. The minimum absolute atomic E-state index is 0.379. The van der Waals surface area contributed by atoms with Gasteiger partial charge in [0.05, 0.1) is 18.2 Å². The monoisotopic (exact) mass is 362 g/mol. The zero-order chi connectivity index (χ0) is 17.5. The van der Waals surface area contributed by atoms with Gasteiger partial charge >= 0.3 is 0 Å². The topological polar surface area (TPSA) is 73.9 Å². The van der Waals surface area contributed by atoms with E-state index in [9.17, 15) is 0 Å². The standard InChI is InChI=1S/C19H14N4O2S/c1-24-13-4-5-14-11(8-13)2-3-12-9-16(26-17(12)14)19-23-22-18(25-19)15-10-20-6-7-21-15/h4-10H,2-3H2,1H3. The molecular formula is C19H14N4O2S. The molecule has 3 aromatic heterocycles. The van der Waals surface area contributed by atoms with Crippen LogP contribution < -0.4 is 4.74 Å². The number of benzene rings is 1. The molecule has 1 aliphatic rings. The Morgan fingerprint density at radius 1 is 1.04 bits per heavy atom. The van der Waals surface area contributed by atoms with E-state index in [4.69, 9.17) is 9.15 Å². The highest BCUT2D eigenvalue weighted by Crippen LogP contribution is 2.43. The third-order valence-electron chi connectivity index (χ3n) is 4.45. The number of nitrogens with zero attached hydrogens (tertiary/aromatic N) is 4. The van der Waals surface area contributed by atoms with Crippen LogP contribution in [-0.2, 0) is 12.8 Å². The van der Waals surface area contributed by atoms with Crippen LogP contribution in [0.5, 0.6) is 5.75 Å². The van der Waals surface area contributed by atoms with Gasteiger partial charge in [-0.05, 0) is 53.8 Å². The van der Waals surface area contributed by atoms with Crippen molar-refractivity contribution in [2.75, 3.05) is 7.11 Å². The van der Waals surface area contributed by atoms with E-state index in [1.54, 1.807) is 37.0 Å². The molecule has 1 aliphatic carbocycles. The van der Waals surface area contributed by atoms with Gasteiger partial charge in [0.15, 0.2) is 0 Å². The number of fused-ring (bicyclic) bond motifs is 3. The number of aromatic nitrogens is 4. The van der Waals surface area contributed by atoms with Crippen molar-refractivity contribution in [3.8, 4) is 38.5 Å². The molecule has 0 fully saturated rings. The Kier molecular flexibility index (Phi) is 3.53. The first-order chi connectivity index (χ1) is 12.8. The van der Waals surface area contributed by atoms with Crippen LogP contribution in [-0.4, -0.2) is 27.3 Å². The smallest absolute Gasteiger partial charge is 0.268 e. The van der Waals surface area contributed by atoms with Crippen molar-refractivity contribution in [1.29, 1.82) is 0 Å². The highest BCUT2D eigenvalue weighted by atomic mass is 32.1. The summed E-state index contributed by atoms with van der Waals surface area (Å²) in [6, 6.07) is 8.41. The Morgan fingerprint density at radius 3 is 2.77 bits per heavy atom. The molecule has 0 radical (unpaired) electrons. The number of hydrogen-bond acceptors (Lipinski definition) is 7. The first kappa shape index (κ1) is 15.2. The maximum Gasteiger partial charge on any atom is 0.268 e. The lowest BCUT2D eigenvalue weighted by molar-refractivity contribution is 0.414. The number of thiophene rings is 1. The fraction of sp³-hybridized carbons (Fsp3) is 0.158. The average Bonchev–Trinajstić information content (AvgIpc) is 3.35. The van der Waals surface area contributed by atoms with Crippen LogP contribution >= 0.6 is 11.3 Å². The molecule has 0 N–H and O–H groups in total. The van der Waals surface area contributed by atoms with Gasteiger partial charge in [-0.3, -0.25) is 4.98 Å². The van der Waals surface area contributed by atoms with Crippen molar-refractivity contribution in [3.63, 3.8) is 0 Å². The molecule has 128 valence electrons. The van der Waals surface area contributed by atoms with E-state index < -0.39 is 0 Å². The molecule has 5 rings (SSSR count). The zero-order valence-electron chi connectivity index (χ0n) is 14.0. The van der Waals surface area contributed by atoms with E-state index >= 15 is 0 Å². The maximum atomic E-state index is 5.82. The van der Waals surface area contributed by atoms with E-state index in [2.05, 4.69) is 38.4 Å². The Bertz CT molecular complexity index is 1090. The van der Waals surface area contributed by atoms with Gasteiger partial charge in [0.1, 0.15) is 11.4 Å². The lowest BCUT2D eigenvalue weighted by Gasteiger charge is -2.16. The molecule has 1 aromatic carbocycles. The number of ether oxygens (including phenoxy) is 1. The number of methoxy groups -OCH3 is 1. The molecule has 4 aromatic rings. The molecule has 26 heavy (non-hydrogen) atoms. The summed E-state index contributed by atoms with van der Waals surface area (Å²) >= 11 is 1.68. The average molecular weight is 362 g/mol. The molecule has 0 bridgehead atoms. The first-order valence-corrected chi connectivity index (χ1v) is 9.04. The molecule has 0 saturated carbocycles. The molecule has 7 heteroatoms. The molecular weight excluding hydrogens is 348 g/mol. The van der Waals surface area contributed by atoms with Gasteiger partial charge in [0.25, 0.3) is 11.8 Å². The van der Waals surface area contributed by atoms with Gasteiger partial charge in [-0.1, -0.05) is 0 Å². The normalized spacial score (nSPS) is 12.5. The lowest BCUT2D eigenvalue weighted by Crippen LogP contribution is -2.01. The van der Waals surface area contributed by atoms with Gasteiger partial charge in [-0.25, -0.2) is 4.98 Å². The van der Waals surface area contributed by atoms with Gasteiger partial charge in [-0.2, -0.15) is 0 Å². The van der Waals surface area contributed by atoms with E-state index in [0.29, 0.717) is 17.5 Å². The summed E-state index contributed by atoms with van der Waals surface area (Å²) < 4.78 is 11.2. The van der Waals surface area contributed by atoms with E-state index in [1.807, 2.05) is 6.07 Å². The third-order valence-corrected chi connectivity index (χ3v) is 5.65. The second kappa shape index (κ2) is 6.03. The molecule has 0 spiro atoms. The molecule has 0 atom stereocenters. The quantitative estimate of drug-likeness (QED) is 0.548. The molecule has 6 nitrogen and oxygen atoms in total. The van der Waals surface area contributed by atoms with Crippen molar-refractivity contribution < 1.29 is 9.15 Å². The Labute approximate surface area is 153 Å². The van der Waals surface area contributed by atoms with Gasteiger partial charge in [-0.15, -0.1) is 21.5 Å². The summed E-state index contributed by atoms with van der Waals surface area (Å²) in [5.74, 6) is 1.79. The number of hydrogen-bond donors (Lipinski definition) is 0. The summed E-state index contributed by atoms with van der Waals surface area (Å²) in [7, 11) is 1.70. The summed E-state index contributed by atoms with van der Waals surface area (Å²) in [5, 5.41) is 8.30. The summed E-state index contributed by atoms with van der Waals surface area (Å²) in [4.78, 5) is 10.5. The summed E-state index contributed by atoms with van der Waals surface area (Å²) in [6.45, 7) is 0. The van der Waals surface area contributed by atoms with E-state index in [-0.39, 0.29) is 0 Å². The summed E-state index contributed by atoms with van der Waals surface area (Å²) in [5.41, 5.74) is 4.47. The van der Waals surface area contributed by atoms with Crippen LogP contribution in [0.15, 0.2) is 47.3 Å². The van der Waals surface area contributed by atoms with Gasteiger partial charge < -0.3 is 9.15 Å². The lowest BCUT2D eigenvalue weighted by atomic mass is 9.91.